The average Bonchev–Trinajstić information content (AvgIpc) is 2.43. The Labute approximate surface area is 114 Å². The van der Waals surface area contributed by atoms with E-state index in [9.17, 15) is 0 Å². The molecule has 4 nitrogen and oxygen atoms in total. The maximum absolute atomic E-state index is 6.02. The molecule has 0 aliphatic rings. The van der Waals surface area contributed by atoms with Crippen LogP contribution in [-0.4, -0.2) is 37.3 Å². The van der Waals surface area contributed by atoms with Crippen LogP contribution in [0.5, 0.6) is 11.5 Å². The first-order valence-electron chi connectivity index (χ1n) is 6.41. The highest BCUT2D eigenvalue weighted by Crippen LogP contribution is 2.32. The van der Waals surface area contributed by atoms with Crippen LogP contribution in [0.2, 0.25) is 0 Å². The van der Waals surface area contributed by atoms with Gasteiger partial charge in [0.1, 0.15) is 0 Å². The van der Waals surface area contributed by atoms with Crippen molar-refractivity contribution in [3.05, 3.63) is 30.5 Å². The van der Waals surface area contributed by atoms with E-state index >= 15 is 0 Å². The van der Waals surface area contributed by atoms with E-state index in [2.05, 4.69) is 11.9 Å². The molecule has 0 aliphatic heterocycles. The van der Waals surface area contributed by atoms with Crippen LogP contribution in [-0.2, 0) is 0 Å². The van der Waals surface area contributed by atoms with Crippen LogP contribution in [0.1, 0.15) is 13.3 Å². The number of rotatable bonds is 5. The Morgan fingerprint density at radius 3 is 2.68 bits per heavy atom. The van der Waals surface area contributed by atoms with Crippen molar-refractivity contribution in [1.29, 1.82) is 0 Å². The Balaban J connectivity index is 2.40. The molecular weight excluding hydrogens is 240 g/mol. The van der Waals surface area contributed by atoms with Crippen LogP contribution in [0.15, 0.2) is 30.5 Å². The molecule has 1 aromatic carbocycles. The van der Waals surface area contributed by atoms with Gasteiger partial charge in [-0.2, -0.15) is 0 Å². The molecule has 0 radical (unpaired) electrons. The summed E-state index contributed by atoms with van der Waals surface area (Å²) < 4.78 is 11.4. The number of methoxy groups -OCH3 is 1. The summed E-state index contributed by atoms with van der Waals surface area (Å²) in [5, 5.41) is 1.05. The molecule has 4 heteroatoms. The van der Waals surface area contributed by atoms with E-state index in [1.54, 1.807) is 13.3 Å². The highest BCUT2D eigenvalue weighted by Gasteiger charge is 2.14. The lowest BCUT2D eigenvalue weighted by molar-refractivity contribution is 0.0587. The van der Waals surface area contributed by atoms with Gasteiger partial charge in [-0.05, 0) is 32.6 Å². The van der Waals surface area contributed by atoms with Gasteiger partial charge >= 0.3 is 0 Å². The highest BCUT2D eigenvalue weighted by atomic mass is 16.5. The number of hydrogen-bond donors (Lipinski definition) is 0. The van der Waals surface area contributed by atoms with Gasteiger partial charge in [-0.25, -0.2) is 0 Å². The van der Waals surface area contributed by atoms with Gasteiger partial charge in [0.15, 0.2) is 17.7 Å². The molecule has 0 amide bonds. The van der Waals surface area contributed by atoms with Crippen molar-refractivity contribution in [2.45, 2.75) is 19.6 Å². The zero-order chi connectivity index (χ0) is 13.8. The number of pyridine rings is 1. The van der Waals surface area contributed by atoms with Crippen LogP contribution in [0.4, 0.5) is 0 Å². The van der Waals surface area contributed by atoms with Crippen molar-refractivity contribution in [1.82, 2.24) is 9.88 Å². The van der Waals surface area contributed by atoms with Crippen LogP contribution in [0, 0.1) is 0 Å². The number of hydrogen-bond acceptors (Lipinski definition) is 4. The first-order chi connectivity index (χ1) is 9.15. The van der Waals surface area contributed by atoms with Crippen LogP contribution < -0.4 is 9.47 Å². The first kappa shape index (κ1) is 13.6. The molecule has 1 atom stereocenters. The minimum atomic E-state index is 0.0232. The molecule has 1 aromatic heterocycles. The lowest BCUT2D eigenvalue weighted by atomic mass is 10.2. The normalized spacial score (nSPS) is 12.7. The van der Waals surface area contributed by atoms with E-state index in [-0.39, 0.29) is 6.23 Å². The smallest absolute Gasteiger partial charge is 0.165 e. The molecule has 0 spiro atoms. The summed E-state index contributed by atoms with van der Waals surface area (Å²) in [5.74, 6) is 1.47. The standard InChI is InChI=1S/C15H20N2O2/c1-5-15(17(2)3)19-14-10-12-11(7-6-8-16-12)9-13(14)18-4/h6-10,15H,5H2,1-4H3. The van der Waals surface area contributed by atoms with Gasteiger partial charge in [0.2, 0.25) is 0 Å². The Hall–Kier alpha value is -1.81. The molecule has 0 N–H and O–H groups in total. The third-order valence-corrected chi connectivity index (χ3v) is 3.08. The van der Waals surface area contributed by atoms with E-state index in [4.69, 9.17) is 9.47 Å². The third kappa shape index (κ3) is 2.96. The van der Waals surface area contributed by atoms with E-state index in [1.165, 1.54) is 0 Å². The quantitative estimate of drug-likeness (QED) is 0.774. The molecule has 0 bridgehead atoms. The van der Waals surface area contributed by atoms with Crippen LogP contribution >= 0.6 is 0 Å². The number of aromatic nitrogens is 1. The van der Waals surface area contributed by atoms with Gasteiger partial charge in [0, 0.05) is 17.6 Å². The van der Waals surface area contributed by atoms with Crippen molar-refractivity contribution in [2.24, 2.45) is 0 Å². The third-order valence-electron chi connectivity index (χ3n) is 3.08. The predicted molar refractivity (Wildman–Crippen MR) is 76.7 cm³/mol. The number of ether oxygens (including phenoxy) is 2. The largest absolute Gasteiger partial charge is 0.493 e. The van der Waals surface area contributed by atoms with Gasteiger partial charge in [0.25, 0.3) is 0 Å². The van der Waals surface area contributed by atoms with Gasteiger partial charge in [0.05, 0.1) is 12.6 Å². The van der Waals surface area contributed by atoms with Crippen molar-refractivity contribution >= 4 is 10.9 Å². The minimum absolute atomic E-state index is 0.0232. The molecule has 0 saturated carbocycles. The van der Waals surface area contributed by atoms with Crippen molar-refractivity contribution in [3.8, 4) is 11.5 Å². The molecular formula is C15H20N2O2. The molecule has 1 unspecified atom stereocenters. The lowest BCUT2D eigenvalue weighted by Crippen LogP contribution is -2.32. The Bertz CT molecular complexity index is 555. The minimum Gasteiger partial charge on any atom is -0.493 e. The Kier molecular flexibility index (Phi) is 4.22. The fourth-order valence-electron chi connectivity index (χ4n) is 2.03. The fraction of sp³-hybridized carbons (Fsp3) is 0.400. The maximum atomic E-state index is 6.02. The van der Waals surface area contributed by atoms with Gasteiger partial charge in [-0.3, -0.25) is 9.88 Å². The fourth-order valence-corrected chi connectivity index (χ4v) is 2.03. The van der Waals surface area contributed by atoms with E-state index in [0.29, 0.717) is 0 Å². The molecule has 1 heterocycles. The summed E-state index contributed by atoms with van der Waals surface area (Å²) >= 11 is 0. The predicted octanol–water partition coefficient (Wildman–Crippen LogP) is 2.92. The van der Waals surface area contributed by atoms with E-state index in [1.807, 2.05) is 43.3 Å². The van der Waals surface area contributed by atoms with Gasteiger partial charge in [-0.15, -0.1) is 0 Å². The van der Waals surface area contributed by atoms with Crippen LogP contribution in [0.25, 0.3) is 10.9 Å². The average molecular weight is 260 g/mol. The summed E-state index contributed by atoms with van der Waals surface area (Å²) in [4.78, 5) is 6.39. The van der Waals surface area contributed by atoms with E-state index < -0.39 is 0 Å². The summed E-state index contributed by atoms with van der Waals surface area (Å²) in [7, 11) is 5.65. The van der Waals surface area contributed by atoms with Gasteiger partial charge < -0.3 is 9.47 Å². The first-order valence-corrected chi connectivity index (χ1v) is 6.41. The SMILES string of the molecule is CCC(Oc1cc2ncccc2cc1OC)N(C)C. The molecule has 0 fully saturated rings. The number of fused-ring (bicyclic) bond motifs is 1. The Morgan fingerprint density at radius 1 is 1.26 bits per heavy atom. The zero-order valence-electron chi connectivity index (χ0n) is 11.9. The summed E-state index contributed by atoms with van der Waals surface area (Å²) in [6.45, 7) is 2.09. The van der Waals surface area contributed by atoms with Crippen molar-refractivity contribution in [3.63, 3.8) is 0 Å². The molecule has 19 heavy (non-hydrogen) atoms. The molecule has 102 valence electrons. The summed E-state index contributed by atoms with van der Waals surface area (Å²) in [6.07, 6.45) is 2.70. The second-order valence-electron chi connectivity index (χ2n) is 4.64. The summed E-state index contributed by atoms with van der Waals surface area (Å²) in [6, 6.07) is 7.81. The molecule has 0 saturated heterocycles. The monoisotopic (exact) mass is 260 g/mol. The second kappa shape index (κ2) is 5.89. The van der Waals surface area contributed by atoms with Crippen molar-refractivity contribution in [2.75, 3.05) is 21.2 Å². The zero-order valence-corrected chi connectivity index (χ0v) is 11.9. The topological polar surface area (TPSA) is 34.6 Å². The second-order valence-corrected chi connectivity index (χ2v) is 4.64. The number of benzene rings is 1. The van der Waals surface area contributed by atoms with Crippen molar-refractivity contribution < 1.29 is 9.47 Å². The van der Waals surface area contributed by atoms with Gasteiger partial charge in [-0.1, -0.05) is 13.0 Å². The van der Waals surface area contributed by atoms with E-state index in [0.717, 1.165) is 28.8 Å². The summed E-state index contributed by atoms with van der Waals surface area (Å²) in [5.41, 5.74) is 0.909. The maximum Gasteiger partial charge on any atom is 0.165 e. The Morgan fingerprint density at radius 2 is 2.05 bits per heavy atom. The number of nitrogens with zero attached hydrogens (tertiary/aromatic N) is 2. The highest BCUT2D eigenvalue weighted by molar-refractivity contribution is 5.82. The molecule has 2 rings (SSSR count). The molecule has 0 aliphatic carbocycles. The lowest BCUT2D eigenvalue weighted by Gasteiger charge is -2.25. The molecule has 2 aromatic rings. The van der Waals surface area contributed by atoms with Crippen LogP contribution in [0.3, 0.4) is 0 Å².